The lowest BCUT2D eigenvalue weighted by atomic mass is 9.82. The standard InChI is InChI=1S/C29H33F2N5O5/c1-28-8-9-29(2,36(28)27(38)39)15-19(14-28)34(3)25-6-5-23(32-33-25)21-12-22(31)20(13-24(21)41-17-40-4)18-7-10-35(16-30)26(37)11-18/h5-7,10-13,19H,8-9,14-17H2,1-4H3,(H,38,39)/t19-,28-,29+. The van der Waals surface area contributed by atoms with Crippen LogP contribution in [0.2, 0.25) is 0 Å². The van der Waals surface area contributed by atoms with E-state index in [9.17, 15) is 19.1 Å². The molecule has 12 heteroatoms. The van der Waals surface area contributed by atoms with E-state index >= 15 is 4.39 Å². The van der Waals surface area contributed by atoms with E-state index in [1.54, 1.807) is 17.0 Å². The fraction of sp³-hybridized carbons (Fsp3) is 0.448. The summed E-state index contributed by atoms with van der Waals surface area (Å²) in [5, 5.41) is 18.6. The third kappa shape index (κ3) is 5.12. The van der Waals surface area contributed by atoms with Crippen LogP contribution in [0.5, 0.6) is 5.75 Å². The maximum Gasteiger partial charge on any atom is 0.408 e. The maximum atomic E-state index is 15.4. The summed E-state index contributed by atoms with van der Waals surface area (Å²) in [6.45, 7) is 2.93. The minimum Gasteiger partial charge on any atom is -0.467 e. The van der Waals surface area contributed by atoms with Gasteiger partial charge in [0.25, 0.3) is 5.56 Å². The van der Waals surface area contributed by atoms with E-state index in [1.165, 1.54) is 31.5 Å². The number of ether oxygens (including phenoxy) is 2. The number of halogens is 2. The molecule has 0 unspecified atom stereocenters. The Morgan fingerprint density at radius 3 is 2.39 bits per heavy atom. The smallest absolute Gasteiger partial charge is 0.408 e. The van der Waals surface area contributed by atoms with Crippen LogP contribution >= 0.6 is 0 Å². The molecule has 0 saturated carbocycles. The van der Waals surface area contributed by atoms with Crippen LogP contribution in [-0.4, -0.2) is 68.9 Å². The highest BCUT2D eigenvalue weighted by atomic mass is 19.1. The number of hydrogen-bond acceptors (Lipinski definition) is 7. The Morgan fingerprint density at radius 1 is 1.12 bits per heavy atom. The first kappa shape index (κ1) is 28.5. The molecular formula is C29H33F2N5O5. The topological polar surface area (TPSA) is 110 Å². The first-order valence-electron chi connectivity index (χ1n) is 13.3. The van der Waals surface area contributed by atoms with E-state index < -0.39 is 35.3 Å². The molecule has 1 aromatic carbocycles. The molecule has 2 saturated heterocycles. The van der Waals surface area contributed by atoms with E-state index in [1.807, 2.05) is 25.8 Å². The SMILES string of the molecule is COCOc1cc(-c2ccn(CF)c(=O)c2)c(F)cc1-c1ccc(N(C)[C@H]2C[C@]3(C)CC[C@](C)(C2)N3C(=O)O)nn1. The molecule has 3 aromatic rings. The second kappa shape index (κ2) is 10.7. The number of hydrogen-bond donors (Lipinski definition) is 1. The normalized spacial score (nSPS) is 23.5. The van der Waals surface area contributed by atoms with Crippen LogP contribution in [0.25, 0.3) is 22.4 Å². The average Bonchev–Trinajstić information content (AvgIpc) is 3.12. The Bertz CT molecular complexity index is 1500. The van der Waals surface area contributed by atoms with Gasteiger partial charge in [-0.3, -0.25) is 14.3 Å². The molecule has 2 aromatic heterocycles. The van der Waals surface area contributed by atoms with Gasteiger partial charge in [0.15, 0.2) is 19.4 Å². The van der Waals surface area contributed by atoms with Crippen molar-refractivity contribution in [1.82, 2.24) is 19.7 Å². The number of anilines is 1. The number of alkyl halides is 1. The van der Waals surface area contributed by atoms with Crippen LogP contribution in [0.3, 0.4) is 0 Å². The number of aromatic nitrogens is 3. The van der Waals surface area contributed by atoms with Gasteiger partial charge in [-0.2, -0.15) is 0 Å². The lowest BCUT2D eigenvalue weighted by Gasteiger charge is -2.51. The summed E-state index contributed by atoms with van der Waals surface area (Å²) < 4.78 is 40.0. The fourth-order valence-electron chi connectivity index (χ4n) is 6.46. The highest BCUT2D eigenvalue weighted by Crippen LogP contribution is 2.51. The molecule has 3 atom stereocenters. The second-order valence-electron chi connectivity index (χ2n) is 11.3. The van der Waals surface area contributed by atoms with Crippen LogP contribution in [-0.2, 0) is 11.5 Å². The first-order valence-corrected chi connectivity index (χ1v) is 13.3. The molecule has 41 heavy (non-hydrogen) atoms. The van der Waals surface area contributed by atoms with Gasteiger partial charge in [0.05, 0.1) is 5.69 Å². The number of rotatable bonds is 8. The number of methoxy groups -OCH3 is 1. The van der Waals surface area contributed by atoms with Crippen LogP contribution in [0.1, 0.15) is 39.5 Å². The van der Waals surface area contributed by atoms with Gasteiger partial charge < -0.3 is 19.5 Å². The zero-order chi connectivity index (χ0) is 29.5. The molecule has 2 aliphatic heterocycles. The maximum absolute atomic E-state index is 15.4. The van der Waals surface area contributed by atoms with Crippen molar-refractivity contribution in [3.8, 4) is 28.1 Å². The van der Waals surface area contributed by atoms with Crippen molar-refractivity contribution < 1.29 is 28.2 Å². The first-order chi connectivity index (χ1) is 19.5. The monoisotopic (exact) mass is 569 g/mol. The average molecular weight is 570 g/mol. The highest BCUT2D eigenvalue weighted by Gasteiger charge is 2.58. The minimum absolute atomic E-state index is 0.0634. The molecule has 218 valence electrons. The van der Waals surface area contributed by atoms with Crippen molar-refractivity contribution in [1.29, 1.82) is 0 Å². The van der Waals surface area contributed by atoms with Gasteiger partial charge in [-0.05, 0) is 75.4 Å². The number of carbonyl (C=O) groups is 1. The lowest BCUT2D eigenvalue weighted by molar-refractivity contribution is 0.0131. The quantitative estimate of drug-likeness (QED) is 0.381. The van der Waals surface area contributed by atoms with Crippen LogP contribution in [0, 0.1) is 5.82 Å². The zero-order valence-corrected chi connectivity index (χ0v) is 23.4. The van der Waals surface area contributed by atoms with Gasteiger partial charge in [-0.15, -0.1) is 10.2 Å². The summed E-state index contributed by atoms with van der Waals surface area (Å²) in [5.74, 6) is 0.262. The van der Waals surface area contributed by atoms with Crippen LogP contribution in [0.15, 0.2) is 47.4 Å². The van der Waals surface area contributed by atoms with E-state index in [4.69, 9.17) is 9.47 Å². The van der Waals surface area contributed by atoms with E-state index in [-0.39, 0.29) is 29.7 Å². The number of benzene rings is 1. The van der Waals surface area contributed by atoms with Crippen molar-refractivity contribution >= 4 is 11.9 Å². The predicted molar refractivity (Wildman–Crippen MR) is 148 cm³/mol. The molecule has 2 bridgehead atoms. The number of fused-ring (bicyclic) bond motifs is 2. The molecule has 4 heterocycles. The van der Waals surface area contributed by atoms with Gasteiger partial charge in [0, 0.05) is 54.7 Å². The van der Waals surface area contributed by atoms with Crippen LogP contribution in [0.4, 0.5) is 19.4 Å². The van der Waals surface area contributed by atoms with Gasteiger partial charge in [0.2, 0.25) is 0 Å². The number of piperidine rings is 1. The fourth-order valence-corrected chi connectivity index (χ4v) is 6.46. The molecule has 0 radical (unpaired) electrons. The molecule has 0 spiro atoms. The van der Waals surface area contributed by atoms with Crippen molar-refractivity contribution in [2.45, 2.75) is 63.4 Å². The van der Waals surface area contributed by atoms with Gasteiger partial charge in [-0.25, -0.2) is 13.6 Å². The Hall–Kier alpha value is -4.06. The number of amides is 1. The van der Waals surface area contributed by atoms with Crippen LogP contribution < -0.4 is 15.2 Å². The summed E-state index contributed by atoms with van der Waals surface area (Å²) in [5.41, 5.74) is -0.397. The minimum atomic E-state index is -0.979. The summed E-state index contributed by atoms with van der Waals surface area (Å²) in [6.07, 6.45) is 3.35. The summed E-state index contributed by atoms with van der Waals surface area (Å²) >= 11 is 0. The molecule has 2 aliphatic rings. The van der Waals surface area contributed by atoms with E-state index in [0.29, 0.717) is 29.9 Å². The molecule has 2 fully saturated rings. The molecular weight excluding hydrogens is 536 g/mol. The molecule has 1 amide bonds. The Kier molecular flexibility index (Phi) is 7.45. The van der Waals surface area contributed by atoms with Gasteiger partial charge in [0.1, 0.15) is 11.6 Å². The van der Waals surface area contributed by atoms with Crippen molar-refractivity contribution in [2.24, 2.45) is 0 Å². The molecule has 10 nitrogen and oxygen atoms in total. The third-order valence-electron chi connectivity index (χ3n) is 8.50. The largest absolute Gasteiger partial charge is 0.467 e. The Morgan fingerprint density at radius 2 is 1.83 bits per heavy atom. The van der Waals surface area contributed by atoms with Crippen molar-refractivity contribution in [3.05, 3.63) is 58.8 Å². The Balaban J connectivity index is 1.43. The molecule has 1 N–H and O–H groups in total. The summed E-state index contributed by atoms with van der Waals surface area (Å²) in [6, 6.07) is 8.91. The summed E-state index contributed by atoms with van der Waals surface area (Å²) in [4.78, 5) is 27.8. The van der Waals surface area contributed by atoms with Crippen molar-refractivity contribution in [3.63, 3.8) is 0 Å². The number of nitrogens with zero attached hydrogens (tertiary/aromatic N) is 5. The lowest BCUT2D eigenvalue weighted by Crippen LogP contribution is -2.62. The molecule has 5 rings (SSSR count). The van der Waals surface area contributed by atoms with E-state index in [0.717, 1.165) is 23.5 Å². The molecule has 0 aliphatic carbocycles. The second-order valence-corrected chi connectivity index (χ2v) is 11.3. The Labute approximate surface area is 236 Å². The summed E-state index contributed by atoms with van der Waals surface area (Å²) in [7, 11) is 3.38. The van der Waals surface area contributed by atoms with E-state index in [2.05, 4.69) is 10.2 Å². The zero-order valence-electron chi connectivity index (χ0n) is 23.4. The number of carboxylic acid groups (broad SMARTS) is 1. The predicted octanol–water partition coefficient (Wildman–Crippen LogP) is 4.91. The van der Waals surface area contributed by atoms with Gasteiger partial charge in [-0.1, -0.05) is 0 Å². The van der Waals surface area contributed by atoms with Gasteiger partial charge >= 0.3 is 6.09 Å². The third-order valence-corrected chi connectivity index (χ3v) is 8.50. The van der Waals surface area contributed by atoms with Crippen molar-refractivity contribution in [2.75, 3.05) is 25.9 Å². The highest BCUT2D eigenvalue weighted by molar-refractivity contribution is 5.75. The number of pyridine rings is 1.